The maximum absolute atomic E-state index is 12.9. The number of benzene rings is 3. The van der Waals surface area contributed by atoms with Gasteiger partial charge in [0.05, 0.1) is 19.9 Å². The summed E-state index contributed by atoms with van der Waals surface area (Å²) in [6.45, 7) is 6.26. The second-order valence-corrected chi connectivity index (χ2v) is 8.22. The van der Waals surface area contributed by atoms with Crippen LogP contribution in [-0.2, 0) is 9.59 Å². The van der Waals surface area contributed by atoms with Crippen LogP contribution in [0.15, 0.2) is 65.8 Å². The Labute approximate surface area is 200 Å². The maximum atomic E-state index is 12.9. The Hall–Kier alpha value is -3.87. The molecule has 0 bridgehead atoms. The van der Waals surface area contributed by atoms with Crippen LogP contribution in [-0.4, -0.2) is 31.7 Å². The summed E-state index contributed by atoms with van der Waals surface area (Å²) in [6, 6.07) is 18.7. The van der Waals surface area contributed by atoms with Gasteiger partial charge in [0.1, 0.15) is 17.4 Å². The molecule has 0 aliphatic heterocycles. The lowest BCUT2D eigenvalue weighted by atomic mass is 9.94. The van der Waals surface area contributed by atoms with Gasteiger partial charge in [-0.25, -0.2) is 5.43 Å². The second kappa shape index (κ2) is 11.8. The lowest BCUT2D eigenvalue weighted by molar-refractivity contribution is -0.134. The Balaban J connectivity index is 1.76. The first-order chi connectivity index (χ1) is 16.4. The number of ether oxygens (including phenoxy) is 2. The van der Waals surface area contributed by atoms with Gasteiger partial charge in [0.2, 0.25) is 5.91 Å². The lowest BCUT2D eigenvalue weighted by Crippen LogP contribution is -2.39. The molecule has 2 N–H and O–H groups in total. The third-order valence-corrected chi connectivity index (χ3v) is 5.35. The highest BCUT2D eigenvalue weighted by atomic mass is 16.5. The van der Waals surface area contributed by atoms with Crippen LogP contribution in [0.2, 0.25) is 0 Å². The van der Waals surface area contributed by atoms with Crippen molar-refractivity contribution in [2.45, 2.75) is 27.2 Å². The van der Waals surface area contributed by atoms with Crippen molar-refractivity contribution >= 4 is 34.5 Å². The highest BCUT2D eigenvalue weighted by molar-refractivity contribution is 6.07. The van der Waals surface area contributed by atoms with Crippen LogP contribution in [0.4, 0.5) is 5.69 Å². The van der Waals surface area contributed by atoms with E-state index in [-0.39, 0.29) is 5.92 Å². The average Bonchev–Trinajstić information content (AvgIpc) is 2.83. The minimum atomic E-state index is -0.914. The molecule has 2 amide bonds. The number of hydrogen-bond donors (Lipinski definition) is 2. The zero-order valence-corrected chi connectivity index (χ0v) is 20.0. The van der Waals surface area contributed by atoms with Crippen LogP contribution in [0.3, 0.4) is 0 Å². The van der Waals surface area contributed by atoms with E-state index in [0.717, 1.165) is 22.8 Å². The number of rotatable bonds is 10. The predicted molar refractivity (Wildman–Crippen MR) is 135 cm³/mol. The van der Waals surface area contributed by atoms with E-state index in [4.69, 9.17) is 9.47 Å². The first kappa shape index (κ1) is 24.8. The van der Waals surface area contributed by atoms with Crippen LogP contribution in [0, 0.1) is 11.8 Å². The Morgan fingerprint density at radius 3 is 2.41 bits per heavy atom. The summed E-state index contributed by atoms with van der Waals surface area (Å²) in [7, 11) is 1.57. The fourth-order valence-electron chi connectivity index (χ4n) is 3.60. The van der Waals surface area contributed by atoms with E-state index in [2.05, 4.69) is 15.8 Å². The number of nitrogens with zero attached hydrogens (tertiary/aromatic N) is 1. The molecule has 7 heteroatoms. The second-order valence-electron chi connectivity index (χ2n) is 8.22. The molecule has 0 spiro atoms. The van der Waals surface area contributed by atoms with Crippen LogP contribution >= 0.6 is 0 Å². The molecule has 1 atom stereocenters. The normalized spacial score (nSPS) is 12.0. The number of hydrazone groups is 1. The summed E-state index contributed by atoms with van der Waals surface area (Å²) < 4.78 is 11.0. The first-order valence-electron chi connectivity index (χ1n) is 11.4. The number of nitrogens with one attached hydrogen (secondary N) is 2. The van der Waals surface area contributed by atoms with Gasteiger partial charge in [-0.2, -0.15) is 5.10 Å². The molecule has 3 rings (SSSR count). The fraction of sp³-hybridized carbons (Fsp3) is 0.296. The summed E-state index contributed by atoms with van der Waals surface area (Å²) in [5.74, 6) is -0.645. The van der Waals surface area contributed by atoms with Crippen LogP contribution in [0.25, 0.3) is 10.8 Å². The van der Waals surface area contributed by atoms with Gasteiger partial charge in [-0.1, -0.05) is 51.1 Å². The van der Waals surface area contributed by atoms with E-state index in [1.165, 1.54) is 0 Å². The number of methoxy groups -OCH3 is 1. The van der Waals surface area contributed by atoms with Crippen LogP contribution in [0.1, 0.15) is 32.8 Å². The Morgan fingerprint density at radius 1 is 1.00 bits per heavy atom. The Bertz CT molecular complexity index is 1160. The van der Waals surface area contributed by atoms with Gasteiger partial charge in [0, 0.05) is 11.3 Å². The fourth-order valence-corrected chi connectivity index (χ4v) is 3.60. The molecule has 7 nitrogen and oxygen atoms in total. The molecular weight excluding hydrogens is 430 g/mol. The molecule has 1 unspecified atom stereocenters. The smallest absolute Gasteiger partial charge is 0.252 e. The van der Waals surface area contributed by atoms with Crippen molar-refractivity contribution < 1.29 is 19.1 Å². The largest absolute Gasteiger partial charge is 0.497 e. The molecule has 3 aromatic rings. The molecule has 0 aliphatic carbocycles. The third kappa shape index (κ3) is 6.13. The molecule has 34 heavy (non-hydrogen) atoms. The summed E-state index contributed by atoms with van der Waals surface area (Å²) in [6.07, 6.45) is 2.45. The minimum Gasteiger partial charge on any atom is -0.497 e. The van der Waals surface area contributed by atoms with E-state index < -0.39 is 17.7 Å². The van der Waals surface area contributed by atoms with Crippen molar-refractivity contribution in [3.05, 3.63) is 66.2 Å². The van der Waals surface area contributed by atoms with E-state index in [1.54, 1.807) is 37.6 Å². The SMILES string of the molecule is CCCOc1ccc2ccccc2c1C=NNC(=O)C(C(=O)Nc1ccc(OC)cc1)C(C)C. The number of carbonyl (C=O) groups excluding carboxylic acids is 2. The van der Waals surface area contributed by atoms with Crippen LogP contribution < -0.4 is 20.2 Å². The van der Waals surface area contributed by atoms with Crippen molar-refractivity contribution in [3.63, 3.8) is 0 Å². The molecule has 3 aromatic carbocycles. The molecule has 0 heterocycles. The van der Waals surface area contributed by atoms with Gasteiger partial charge in [-0.05, 0) is 53.4 Å². The Kier molecular flexibility index (Phi) is 8.62. The summed E-state index contributed by atoms with van der Waals surface area (Å²) in [5.41, 5.74) is 3.90. The number of carbonyl (C=O) groups is 2. The molecule has 0 aliphatic rings. The monoisotopic (exact) mass is 461 g/mol. The summed E-state index contributed by atoms with van der Waals surface area (Å²) >= 11 is 0. The van der Waals surface area contributed by atoms with Gasteiger partial charge in [-0.15, -0.1) is 0 Å². The molecule has 0 aromatic heterocycles. The van der Waals surface area contributed by atoms with Crippen molar-refractivity contribution in [2.75, 3.05) is 19.0 Å². The molecular formula is C27H31N3O4. The van der Waals surface area contributed by atoms with E-state index in [9.17, 15) is 9.59 Å². The standard InChI is InChI=1S/C27H31N3O4/c1-5-16-34-24-15-10-19-8-6-7-9-22(19)23(24)17-28-30-27(32)25(18(2)3)26(31)29-20-11-13-21(33-4)14-12-20/h6-15,17-18,25H,5,16H2,1-4H3,(H,29,31)(H,30,32). The van der Waals surface area contributed by atoms with Gasteiger partial charge in [-0.3, -0.25) is 9.59 Å². The highest BCUT2D eigenvalue weighted by Crippen LogP contribution is 2.27. The number of hydrogen-bond acceptors (Lipinski definition) is 5. The Morgan fingerprint density at radius 2 is 1.74 bits per heavy atom. The van der Waals surface area contributed by atoms with E-state index in [0.29, 0.717) is 23.8 Å². The van der Waals surface area contributed by atoms with Gasteiger partial charge < -0.3 is 14.8 Å². The maximum Gasteiger partial charge on any atom is 0.252 e. The lowest BCUT2D eigenvalue weighted by Gasteiger charge is -2.18. The quantitative estimate of drug-likeness (QED) is 0.253. The highest BCUT2D eigenvalue weighted by Gasteiger charge is 2.30. The van der Waals surface area contributed by atoms with Gasteiger partial charge in [0.15, 0.2) is 0 Å². The topological polar surface area (TPSA) is 89.0 Å². The summed E-state index contributed by atoms with van der Waals surface area (Å²) in [5, 5.41) is 8.97. The average molecular weight is 462 g/mol. The van der Waals surface area contributed by atoms with Crippen molar-refractivity contribution in [2.24, 2.45) is 16.9 Å². The number of anilines is 1. The number of amides is 2. The molecule has 0 saturated heterocycles. The van der Waals surface area contributed by atoms with Crippen LogP contribution in [0.5, 0.6) is 11.5 Å². The molecule has 0 saturated carbocycles. The van der Waals surface area contributed by atoms with Gasteiger partial charge in [0.25, 0.3) is 5.91 Å². The van der Waals surface area contributed by atoms with Crippen molar-refractivity contribution in [1.82, 2.24) is 5.43 Å². The van der Waals surface area contributed by atoms with Gasteiger partial charge >= 0.3 is 0 Å². The minimum absolute atomic E-state index is 0.227. The molecule has 0 fully saturated rings. The first-order valence-corrected chi connectivity index (χ1v) is 11.4. The molecule has 0 radical (unpaired) electrons. The predicted octanol–water partition coefficient (Wildman–Crippen LogP) is 5.00. The molecule has 178 valence electrons. The van der Waals surface area contributed by atoms with E-state index >= 15 is 0 Å². The third-order valence-electron chi connectivity index (χ3n) is 5.35. The number of fused-ring (bicyclic) bond motifs is 1. The zero-order chi connectivity index (χ0) is 24.5. The van der Waals surface area contributed by atoms with E-state index in [1.807, 2.05) is 57.2 Å². The zero-order valence-electron chi connectivity index (χ0n) is 20.0. The van der Waals surface area contributed by atoms with Crippen molar-refractivity contribution in [3.8, 4) is 11.5 Å². The van der Waals surface area contributed by atoms with Crippen molar-refractivity contribution in [1.29, 1.82) is 0 Å². The summed E-state index contributed by atoms with van der Waals surface area (Å²) in [4.78, 5) is 25.7.